The summed E-state index contributed by atoms with van der Waals surface area (Å²) in [7, 11) is 0. The van der Waals surface area contributed by atoms with Gasteiger partial charge in [-0.2, -0.15) is 5.26 Å². The van der Waals surface area contributed by atoms with Crippen molar-refractivity contribution in [3.63, 3.8) is 0 Å². The van der Waals surface area contributed by atoms with E-state index in [2.05, 4.69) is 13.0 Å². The molecule has 1 rings (SSSR count). The average molecular weight is 205 g/mol. The van der Waals surface area contributed by atoms with Crippen molar-refractivity contribution < 1.29 is 4.74 Å². The fourth-order valence-electron chi connectivity index (χ4n) is 1.20. The molecule has 1 aromatic carbocycles. The van der Waals surface area contributed by atoms with Gasteiger partial charge in [0, 0.05) is 0 Å². The summed E-state index contributed by atoms with van der Waals surface area (Å²) >= 11 is 0. The van der Waals surface area contributed by atoms with Crippen LogP contribution in [0.4, 0.5) is 0 Å². The molecule has 0 saturated carbocycles. The third kappa shape index (κ3) is 4.51. The first-order valence-corrected chi connectivity index (χ1v) is 5.37. The van der Waals surface area contributed by atoms with Crippen molar-refractivity contribution in [1.29, 1.82) is 5.26 Å². The van der Waals surface area contributed by atoms with E-state index in [1.54, 1.807) is 0 Å². The van der Waals surface area contributed by atoms with Crippen LogP contribution in [0.5, 0.6) is 5.75 Å². The van der Waals surface area contributed by atoms with Gasteiger partial charge in [-0.25, -0.2) is 0 Å². The summed E-state index contributed by atoms with van der Waals surface area (Å²) in [5, 5.41) is 8.39. The molecular formula is C13H19NO. The summed E-state index contributed by atoms with van der Waals surface area (Å²) in [6, 6.07) is 8.03. The lowest BCUT2D eigenvalue weighted by molar-refractivity contribution is 0.364. The van der Waals surface area contributed by atoms with Gasteiger partial charge in [-0.1, -0.05) is 32.9 Å². The number of nitriles is 1. The van der Waals surface area contributed by atoms with Crippen LogP contribution < -0.4 is 4.74 Å². The molecule has 0 N–H and O–H groups in total. The molecule has 0 radical (unpaired) electrons. The molecule has 0 spiro atoms. The zero-order valence-electron chi connectivity index (χ0n) is 10.0. The van der Waals surface area contributed by atoms with Gasteiger partial charge in [-0.3, -0.25) is 0 Å². The van der Waals surface area contributed by atoms with Crippen LogP contribution in [-0.2, 0) is 6.42 Å². The first kappa shape index (κ1) is 13.5. The fourth-order valence-corrected chi connectivity index (χ4v) is 1.20. The van der Waals surface area contributed by atoms with Crippen LogP contribution in [0.3, 0.4) is 0 Å². The van der Waals surface area contributed by atoms with Gasteiger partial charge in [0.15, 0.2) is 6.61 Å². The monoisotopic (exact) mass is 205 g/mol. The van der Waals surface area contributed by atoms with Crippen LogP contribution >= 0.6 is 0 Å². The lowest BCUT2D eigenvalue weighted by Gasteiger charge is -2.07. The maximum absolute atomic E-state index is 8.39. The first-order valence-electron chi connectivity index (χ1n) is 5.37. The third-order valence-corrected chi connectivity index (χ3v) is 1.90. The minimum atomic E-state index is 0.121. The van der Waals surface area contributed by atoms with Crippen LogP contribution in [0.25, 0.3) is 0 Å². The normalized spacial score (nSPS) is 8.47. The van der Waals surface area contributed by atoms with Crippen LogP contribution in [0.1, 0.15) is 31.9 Å². The summed E-state index contributed by atoms with van der Waals surface area (Å²) < 4.78 is 5.30. The summed E-state index contributed by atoms with van der Waals surface area (Å²) in [6.07, 6.45) is 0.932. The second kappa shape index (κ2) is 7.87. The Morgan fingerprint density at radius 1 is 1.33 bits per heavy atom. The molecule has 0 atom stereocenters. The van der Waals surface area contributed by atoms with E-state index in [1.807, 2.05) is 39.0 Å². The Balaban J connectivity index is 0.000000921. The summed E-state index contributed by atoms with van der Waals surface area (Å²) in [5.74, 6) is 0.837. The van der Waals surface area contributed by atoms with Gasteiger partial charge in [0.05, 0.1) is 0 Å². The molecule has 15 heavy (non-hydrogen) atoms. The molecule has 0 aromatic heterocycles. The molecule has 2 heteroatoms. The maximum atomic E-state index is 8.39. The molecule has 0 unspecified atom stereocenters. The Morgan fingerprint density at radius 3 is 2.53 bits per heavy atom. The van der Waals surface area contributed by atoms with Gasteiger partial charge in [-0.05, 0) is 30.5 Å². The maximum Gasteiger partial charge on any atom is 0.174 e. The molecular weight excluding hydrogens is 186 g/mol. The number of aryl methyl sites for hydroxylation is 2. The summed E-state index contributed by atoms with van der Waals surface area (Å²) in [4.78, 5) is 0. The van der Waals surface area contributed by atoms with Crippen molar-refractivity contribution >= 4 is 0 Å². The molecule has 0 fully saturated rings. The van der Waals surface area contributed by atoms with Crippen molar-refractivity contribution in [2.45, 2.75) is 34.1 Å². The van der Waals surface area contributed by atoms with Crippen molar-refractivity contribution in [2.75, 3.05) is 6.61 Å². The van der Waals surface area contributed by atoms with Crippen LogP contribution in [0.15, 0.2) is 18.2 Å². The van der Waals surface area contributed by atoms with Crippen molar-refractivity contribution in [3.05, 3.63) is 29.3 Å². The Labute approximate surface area is 92.5 Å². The summed E-state index contributed by atoms with van der Waals surface area (Å²) in [6.45, 7) is 8.21. The minimum Gasteiger partial charge on any atom is -0.478 e. The van der Waals surface area contributed by atoms with Crippen molar-refractivity contribution in [2.24, 2.45) is 0 Å². The SMILES string of the molecule is CC.CCc1ccc(C)cc1OCC#N. The average Bonchev–Trinajstić information content (AvgIpc) is 2.29. The molecule has 0 amide bonds. The molecule has 0 heterocycles. The van der Waals surface area contributed by atoms with E-state index in [-0.39, 0.29) is 6.61 Å². The number of hydrogen-bond acceptors (Lipinski definition) is 2. The van der Waals surface area contributed by atoms with Gasteiger partial charge in [0.2, 0.25) is 0 Å². The van der Waals surface area contributed by atoms with Crippen LogP contribution in [0.2, 0.25) is 0 Å². The lowest BCUT2D eigenvalue weighted by atomic mass is 10.1. The Kier molecular flexibility index (Phi) is 7.09. The zero-order valence-corrected chi connectivity index (χ0v) is 10.0. The van der Waals surface area contributed by atoms with E-state index < -0.39 is 0 Å². The van der Waals surface area contributed by atoms with E-state index in [9.17, 15) is 0 Å². The number of rotatable bonds is 3. The van der Waals surface area contributed by atoms with Gasteiger partial charge in [0.25, 0.3) is 0 Å². The largest absolute Gasteiger partial charge is 0.478 e. The molecule has 1 aromatic rings. The van der Waals surface area contributed by atoms with Gasteiger partial charge < -0.3 is 4.74 Å². The number of nitrogens with zero attached hydrogens (tertiary/aromatic N) is 1. The second-order valence-corrected chi connectivity index (χ2v) is 2.91. The van der Waals surface area contributed by atoms with Crippen molar-refractivity contribution in [3.8, 4) is 11.8 Å². The molecule has 0 saturated heterocycles. The first-order chi connectivity index (χ1) is 7.27. The molecule has 82 valence electrons. The van der Waals surface area contributed by atoms with Crippen molar-refractivity contribution in [1.82, 2.24) is 0 Å². The minimum absolute atomic E-state index is 0.121. The van der Waals surface area contributed by atoms with Gasteiger partial charge in [-0.15, -0.1) is 0 Å². The Bertz CT molecular complexity index is 326. The predicted octanol–water partition coefficient (Wildman–Crippen LogP) is 3.49. The Morgan fingerprint density at radius 2 is 2.00 bits per heavy atom. The van der Waals surface area contributed by atoms with E-state index in [0.717, 1.165) is 23.3 Å². The number of ether oxygens (including phenoxy) is 1. The highest BCUT2D eigenvalue weighted by atomic mass is 16.5. The highest BCUT2D eigenvalue weighted by Gasteiger charge is 2.01. The third-order valence-electron chi connectivity index (χ3n) is 1.90. The molecule has 2 nitrogen and oxygen atoms in total. The summed E-state index contributed by atoms with van der Waals surface area (Å²) in [5.41, 5.74) is 2.31. The molecule has 0 aliphatic rings. The van der Waals surface area contributed by atoms with E-state index >= 15 is 0 Å². The standard InChI is InChI=1S/C11H13NO.C2H6/c1-3-10-5-4-9(2)8-11(10)13-7-6-12;1-2/h4-5,8H,3,7H2,1-2H3;1-2H3. The number of benzene rings is 1. The molecule has 0 aliphatic heterocycles. The molecule has 0 bridgehead atoms. The van der Waals surface area contributed by atoms with Gasteiger partial charge >= 0.3 is 0 Å². The van der Waals surface area contributed by atoms with E-state index in [4.69, 9.17) is 10.00 Å². The van der Waals surface area contributed by atoms with E-state index in [1.165, 1.54) is 0 Å². The smallest absolute Gasteiger partial charge is 0.174 e. The second-order valence-electron chi connectivity index (χ2n) is 2.91. The van der Waals surface area contributed by atoms with Gasteiger partial charge in [0.1, 0.15) is 11.8 Å². The van der Waals surface area contributed by atoms with E-state index in [0.29, 0.717) is 0 Å². The highest BCUT2D eigenvalue weighted by molar-refractivity contribution is 5.37. The zero-order chi connectivity index (χ0) is 11.7. The lowest BCUT2D eigenvalue weighted by Crippen LogP contribution is -1.97. The van der Waals surface area contributed by atoms with Crippen LogP contribution in [0, 0.1) is 18.3 Å². The molecule has 0 aliphatic carbocycles. The van der Waals surface area contributed by atoms with Crippen LogP contribution in [-0.4, -0.2) is 6.61 Å². The number of hydrogen-bond donors (Lipinski definition) is 0. The fraction of sp³-hybridized carbons (Fsp3) is 0.462. The topological polar surface area (TPSA) is 33.0 Å². The predicted molar refractivity (Wildman–Crippen MR) is 63.0 cm³/mol. The quantitative estimate of drug-likeness (QED) is 0.756. The Hall–Kier alpha value is -1.49. The highest BCUT2D eigenvalue weighted by Crippen LogP contribution is 2.20.